The van der Waals surface area contributed by atoms with Gasteiger partial charge in [0, 0.05) is 31.7 Å². The average Bonchev–Trinajstić information content (AvgIpc) is 2.45. The Balaban J connectivity index is 2.31. The first kappa shape index (κ1) is 15.0. The van der Waals surface area contributed by atoms with Crippen LogP contribution in [0.5, 0.6) is 5.75 Å². The number of piperazine rings is 1. The molecule has 0 aliphatic carbocycles. The number of carbonyl (C=O) groups excluding carboxylic acids is 1. The molecule has 4 nitrogen and oxygen atoms in total. The summed E-state index contributed by atoms with van der Waals surface area (Å²) in [5.74, 6) is 0.427. The fourth-order valence-electron chi connectivity index (χ4n) is 2.88. The Labute approximate surface area is 120 Å². The second-order valence-corrected chi connectivity index (χ2v) is 5.66. The van der Waals surface area contributed by atoms with Gasteiger partial charge in [-0.3, -0.25) is 9.69 Å². The highest BCUT2D eigenvalue weighted by atomic mass is 16.3. The van der Waals surface area contributed by atoms with Crippen molar-refractivity contribution in [1.29, 1.82) is 0 Å². The summed E-state index contributed by atoms with van der Waals surface area (Å²) in [6.07, 6.45) is 0. The van der Waals surface area contributed by atoms with E-state index in [9.17, 15) is 9.90 Å². The molecule has 0 bridgehead atoms. The van der Waals surface area contributed by atoms with Crippen molar-refractivity contribution >= 4 is 5.78 Å². The van der Waals surface area contributed by atoms with E-state index < -0.39 is 0 Å². The standard InChI is InChI=1S/C16H24N2O2/c1-10-9-14(19)11(2)12(3)15(10)16(20)13(4)18-7-5-17-6-8-18/h9,13,17,19H,5-8H2,1-4H3. The van der Waals surface area contributed by atoms with Gasteiger partial charge in [0.1, 0.15) is 5.75 Å². The van der Waals surface area contributed by atoms with Gasteiger partial charge in [0.05, 0.1) is 6.04 Å². The highest BCUT2D eigenvalue weighted by molar-refractivity contribution is 6.02. The first-order chi connectivity index (χ1) is 9.43. The molecule has 20 heavy (non-hydrogen) atoms. The first-order valence-corrected chi connectivity index (χ1v) is 7.22. The maximum absolute atomic E-state index is 12.8. The van der Waals surface area contributed by atoms with Crippen LogP contribution in [0.2, 0.25) is 0 Å². The molecule has 2 N–H and O–H groups in total. The lowest BCUT2D eigenvalue weighted by Gasteiger charge is -2.32. The molecule has 0 saturated carbocycles. The summed E-state index contributed by atoms with van der Waals surface area (Å²) >= 11 is 0. The Morgan fingerprint density at radius 1 is 1.25 bits per heavy atom. The molecule has 1 aliphatic rings. The molecule has 110 valence electrons. The van der Waals surface area contributed by atoms with E-state index in [-0.39, 0.29) is 17.6 Å². The minimum absolute atomic E-state index is 0.113. The fraction of sp³-hybridized carbons (Fsp3) is 0.562. The topological polar surface area (TPSA) is 52.6 Å². The molecule has 1 unspecified atom stereocenters. The SMILES string of the molecule is Cc1cc(O)c(C)c(C)c1C(=O)C(C)N1CCNCC1. The molecule has 0 spiro atoms. The number of hydrogen-bond donors (Lipinski definition) is 2. The van der Waals surface area contributed by atoms with Crippen LogP contribution in [0.4, 0.5) is 0 Å². The maximum atomic E-state index is 12.8. The second kappa shape index (κ2) is 5.94. The molecule has 4 heteroatoms. The molecule has 2 rings (SSSR count). The van der Waals surface area contributed by atoms with Gasteiger partial charge >= 0.3 is 0 Å². The van der Waals surface area contributed by atoms with E-state index in [1.165, 1.54) is 0 Å². The molecule has 1 atom stereocenters. The third kappa shape index (κ3) is 2.72. The molecular formula is C16H24N2O2. The van der Waals surface area contributed by atoms with Crippen molar-refractivity contribution in [3.63, 3.8) is 0 Å². The minimum Gasteiger partial charge on any atom is -0.508 e. The smallest absolute Gasteiger partial charge is 0.180 e. The van der Waals surface area contributed by atoms with Gasteiger partial charge in [-0.1, -0.05) is 0 Å². The summed E-state index contributed by atoms with van der Waals surface area (Å²) in [7, 11) is 0. The summed E-state index contributed by atoms with van der Waals surface area (Å²) in [5, 5.41) is 13.1. The number of carbonyl (C=O) groups is 1. The van der Waals surface area contributed by atoms with Gasteiger partial charge in [0.15, 0.2) is 5.78 Å². The van der Waals surface area contributed by atoms with Gasteiger partial charge in [-0.25, -0.2) is 0 Å². The average molecular weight is 276 g/mol. The molecule has 1 heterocycles. The van der Waals surface area contributed by atoms with Gasteiger partial charge in [0.2, 0.25) is 0 Å². The number of phenolic OH excluding ortho intramolecular Hbond substituents is 1. The number of aromatic hydroxyl groups is 1. The van der Waals surface area contributed by atoms with Crippen molar-refractivity contribution in [3.8, 4) is 5.75 Å². The summed E-state index contributed by atoms with van der Waals surface area (Å²) < 4.78 is 0. The summed E-state index contributed by atoms with van der Waals surface area (Å²) in [4.78, 5) is 15.0. The molecule has 1 saturated heterocycles. The molecule has 1 aromatic rings. The van der Waals surface area contributed by atoms with Crippen LogP contribution >= 0.6 is 0 Å². The monoisotopic (exact) mass is 276 g/mol. The Bertz CT molecular complexity index is 520. The Hall–Kier alpha value is -1.39. The Morgan fingerprint density at radius 2 is 1.85 bits per heavy atom. The third-order valence-corrected chi connectivity index (χ3v) is 4.39. The van der Waals surface area contributed by atoms with Gasteiger partial charge < -0.3 is 10.4 Å². The minimum atomic E-state index is -0.113. The highest BCUT2D eigenvalue weighted by Crippen LogP contribution is 2.28. The number of nitrogens with one attached hydrogen (secondary N) is 1. The number of hydrogen-bond acceptors (Lipinski definition) is 4. The fourth-order valence-corrected chi connectivity index (χ4v) is 2.88. The van der Waals surface area contributed by atoms with E-state index in [1.807, 2.05) is 27.7 Å². The lowest BCUT2D eigenvalue weighted by atomic mass is 9.91. The third-order valence-electron chi connectivity index (χ3n) is 4.39. The predicted octanol–water partition coefficient (Wildman–Crippen LogP) is 1.79. The maximum Gasteiger partial charge on any atom is 0.180 e. The van der Waals surface area contributed by atoms with Crippen LogP contribution in [0.25, 0.3) is 0 Å². The van der Waals surface area contributed by atoms with Crippen molar-refractivity contribution < 1.29 is 9.90 Å². The van der Waals surface area contributed by atoms with Gasteiger partial charge in [0.25, 0.3) is 0 Å². The van der Waals surface area contributed by atoms with Crippen LogP contribution in [-0.2, 0) is 0 Å². The molecular weight excluding hydrogens is 252 g/mol. The van der Waals surface area contributed by atoms with Gasteiger partial charge in [-0.15, -0.1) is 0 Å². The van der Waals surface area contributed by atoms with Crippen LogP contribution in [-0.4, -0.2) is 48.0 Å². The number of ketones is 1. The second-order valence-electron chi connectivity index (χ2n) is 5.66. The summed E-state index contributed by atoms with van der Waals surface area (Å²) in [6, 6.07) is 1.58. The Morgan fingerprint density at radius 3 is 2.45 bits per heavy atom. The lowest BCUT2D eigenvalue weighted by molar-refractivity contribution is 0.0819. The first-order valence-electron chi connectivity index (χ1n) is 7.22. The van der Waals surface area contributed by atoms with E-state index in [2.05, 4.69) is 10.2 Å². The molecule has 0 radical (unpaired) electrons. The molecule has 1 aromatic carbocycles. The van der Waals surface area contributed by atoms with Crippen LogP contribution in [0, 0.1) is 20.8 Å². The highest BCUT2D eigenvalue weighted by Gasteiger charge is 2.26. The van der Waals surface area contributed by atoms with Crippen LogP contribution in [0.1, 0.15) is 34.0 Å². The van der Waals surface area contributed by atoms with Gasteiger partial charge in [-0.2, -0.15) is 0 Å². The van der Waals surface area contributed by atoms with Crippen molar-refractivity contribution in [3.05, 3.63) is 28.3 Å². The number of aryl methyl sites for hydroxylation is 1. The molecule has 1 aliphatic heterocycles. The quantitative estimate of drug-likeness (QED) is 0.827. The summed E-state index contributed by atoms with van der Waals surface area (Å²) in [5.41, 5.74) is 3.32. The van der Waals surface area contributed by atoms with E-state index in [0.29, 0.717) is 0 Å². The molecule has 1 fully saturated rings. The Kier molecular flexibility index (Phi) is 4.45. The van der Waals surface area contributed by atoms with Crippen LogP contribution < -0.4 is 5.32 Å². The number of benzene rings is 1. The van der Waals surface area contributed by atoms with Crippen molar-refractivity contribution in [1.82, 2.24) is 10.2 Å². The zero-order valence-electron chi connectivity index (χ0n) is 12.8. The zero-order valence-corrected chi connectivity index (χ0v) is 12.8. The predicted molar refractivity (Wildman–Crippen MR) is 80.6 cm³/mol. The molecule has 0 aromatic heterocycles. The number of rotatable bonds is 3. The van der Waals surface area contributed by atoms with Crippen molar-refractivity contribution in [2.24, 2.45) is 0 Å². The van der Waals surface area contributed by atoms with E-state index in [4.69, 9.17) is 0 Å². The summed E-state index contributed by atoms with van der Waals surface area (Å²) in [6.45, 7) is 11.3. The van der Waals surface area contributed by atoms with Gasteiger partial charge in [-0.05, 0) is 50.5 Å². The van der Waals surface area contributed by atoms with E-state index in [0.717, 1.165) is 48.4 Å². The number of phenols is 1. The normalized spacial score (nSPS) is 18.0. The van der Waals surface area contributed by atoms with Crippen molar-refractivity contribution in [2.45, 2.75) is 33.7 Å². The zero-order chi connectivity index (χ0) is 14.9. The van der Waals surface area contributed by atoms with E-state index >= 15 is 0 Å². The van der Waals surface area contributed by atoms with E-state index in [1.54, 1.807) is 6.07 Å². The van der Waals surface area contributed by atoms with Crippen molar-refractivity contribution in [2.75, 3.05) is 26.2 Å². The largest absolute Gasteiger partial charge is 0.508 e. The van der Waals surface area contributed by atoms with Crippen LogP contribution in [0.15, 0.2) is 6.07 Å². The lowest BCUT2D eigenvalue weighted by Crippen LogP contribution is -2.50. The van der Waals surface area contributed by atoms with Crippen LogP contribution in [0.3, 0.4) is 0 Å². The number of Topliss-reactive ketones (excluding diaryl/α,β-unsaturated/α-hetero) is 1. The number of nitrogens with zero attached hydrogens (tertiary/aromatic N) is 1. The molecule has 0 amide bonds.